The zero-order valence-electron chi connectivity index (χ0n) is 13.6. The number of carbonyl (C=O) groups excluding carboxylic acids is 3. The van der Waals surface area contributed by atoms with Crippen LogP contribution in [0.1, 0.15) is 30.6 Å². The average molecular weight is 343 g/mol. The van der Waals surface area contributed by atoms with Gasteiger partial charge in [0.25, 0.3) is 5.91 Å². The molecule has 0 aliphatic heterocycles. The molecule has 1 N–H and O–H groups in total. The van der Waals surface area contributed by atoms with E-state index in [-0.39, 0.29) is 5.92 Å². The molecule has 0 saturated carbocycles. The van der Waals surface area contributed by atoms with E-state index in [0.717, 1.165) is 18.2 Å². The first-order valence-corrected chi connectivity index (χ1v) is 7.24. The molecule has 1 amide bonds. The smallest absolute Gasteiger partial charge is 0.344 e. The number of halogens is 2. The van der Waals surface area contributed by atoms with Crippen molar-refractivity contribution < 1.29 is 32.6 Å². The lowest BCUT2D eigenvalue weighted by Crippen LogP contribution is -2.44. The number of rotatable bonds is 7. The van der Waals surface area contributed by atoms with Crippen LogP contribution in [0.4, 0.5) is 8.78 Å². The summed E-state index contributed by atoms with van der Waals surface area (Å²) in [5.74, 6) is -4.80. The van der Waals surface area contributed by atoms with Crippen molar-refractivity contribution >= 4 is 17.8 Å². The standard InChI is InChI=1S/C16H19F2NO5/c1-9(2)7-12(15(21)23-3)19-13(20)8-24-16(22)14-10(17)5-4-6-11(14)18/h4-6,9,12H,7-8H2,1-3H3,(H,19,20)/t12-/m0/s1. The van der Waals surface area contributed by atoms with Gasteiger partial charge in [-0.1, -0.05) is 19.9 Å². The third-order valence-corrected chi connectivity index (χ3v) is 3.03. The predicted molar refractivity (Wildman–Crippen MR) is 80.0 cm³/mol. The summed E-state index contributed by atoms with van der Waals surface area (Å²) in [5, 5.41) is 2.36. The molecule has 6 nitrogen and oxygen atoms in total. The Morgan fingerprint density at radius 2 is 1.75 bits per heavy atom. The molecule has 1 rings (SSSR count). The monoisotopic (exact) mass is 343 g/mol. The number of methoxy groups -OCH3 is 1. The van der Waals surface area contributed by atoms with E-state index >= 15 is 0 Å². The maximum Gasteiger partial charge on any atom is 0.344 e. The van der Waals surface area contributed by atoms with Gasteiger partial charge in [0.2, 0.25) is 0 Å². The van der Waals surface area contributed by atoms with E-state index in [1.54, 1.807) is 0 Å². The highest BCUT2D eigenvalue weighted by atomic mass is 19.1. The van der Waals surface area contributed by atoms with Crippen molar-refractivity contribution in [1.82, 2.24) is 5.32 Å². The third kappa shape index (κ3) is 5.60. The largest absolute Gasteiger partial charge is 0.467 e. The molecule has 8 heteroatoms. The Bertz CT molecular complexity index is 598. The quantitative estimate of drug-likeness (QED) is 0.764. The minimum absolute atomic E-state index is 0.101. The van der Waals surface area contributed by atoms with Crippen molar-refractivity contribution in [1.29, 1.82) is 0 Å². The molecule has 132 valence electrons. The molecule has 0 heterocycles. The van der Waals surface area contributed by atoms with Crippen LogP contribution in [0.2, 0.25) is 0 Å². The van der Waals surface area contributed by atoms with Gasteiger partial charge in [0.1, 0.15) is 23.2 Å². The van der Waals surface area contributed by atoms with Crippen molar-refractivity contribution in [3.8, 4) is 0 Å². The summed E-state index contributed by atoms with van der Waals surface area (Å²) in [4.78, 5) is 35.0. The second kappa shape index (κ2) is 8.95. The second-order valence-corrected chi connectivity index (χ2v) is 5.45. The number of amides is 1. The van der Waals surface area contributed by atoms with Gasteiger partial charge < -0.3 is 14.8 Å². The summed E-state index contributed by atoms with van der Waals surface area (Å²) in [7, 11) is 1.18. The van der Waals surface area contributed by atoms with Crippen molar-refractivity contribution in [2.45, 2.75) is 26.3 Å². The number of carbonyl (C=O) groups is 3. The van der Waals surface area contributed by atoms with Crippen LogP contribution >= 0.6 is 0 Å². The van der Waals surface area contributed by atoms with E-state index in [9.17, 15) is 23.2 Å². The molecule has 0 radical (unpaired) electrons. The van der Waals surface area contributed by atoms with Crippen LogP contribution in [0, 0.1) is 17.6 Å². The molecule has 1 aromatic rings. The van der Waals surface area contributed by atoms with Crippen LogP contribution in [-0.4, -0.2) is 37.6 Å². The van der Waals surface area contributed by atoms with Crippen LogP contribution < -0.4 is 5.32 Å². The van der Waals surface area contributed by atoms with E-state index in [1.807, 2.05) is 13.8 Å². The van der Waals surface area contributed by atoms with Gasteiger partial charge in [0, 0.05) is 0 Å². The summed E-state index contributed by atoms with van der Waals surface area (Å²) in [6.45, 7) is 2.92. The van der Waals surface area contributed by atoms with Crippen LogP contribution in [-0.2, 0) is 19.1 Å². The zero-order valence-corrected chi connectivity index (χ0v) is 13.6. The van der Waals surface area contributed by atoms with Gasteiger partial charge in [-0.25, -0.2) is 18.4 Å². The van der Waals surface area contributed by atoms with Crippen LogP contribution in [0.25, 0.3) is 0 Å². The van der Waals surface area contributed by atoms with Crippen molar-refractivity contribution in [2.75, 3.05) is 13.7 Å². The fourth-order valence-electron chi connectivity index (χ4n) is 1.96. The molecule has 0 aliphatic rings. The number of ether oxygens (including phenoxy) is 2. The maximum atomic E-state index is 13.4. The molecule has 0 fully saturated rings. The van der Waals surface area contributed by atoms with Gasteiger partial charge in [0.05, 0.1) is 7.11 Å². The Morgan fingerprint density at radius 3 is 2.25 bits per heavy atom. The Kier molecular flexibility index (Phi) is 7.29. The van der Waals surface area contributed by atoms with E-state index < -0.39 is 47.7 Å². The fraction of sp³-hybridized carbons (Fsp3) is 0.438. The summed E-state index contributed by atoms with van der Waals surface area (Å²) in [5.41, 5.74) is -0.878. The summed E-state index contributed by atoms with van der Waals surface area (Å²) in [6.07, 6.45) is 0.328. The number of benzene rings is 1. The molecule has 0 aromatic heterocycles. The molecular formula is C16H19F2NO5. The average Bonchev–Trinajstić information content (AvgIpc) is 2.50. The Morgan fingerprint density at radius 1 is 1.17 bits per heavy atom. The molecular weight excluding hydrogens is 324 g/mol. The van der Waals surface area contributed by atoms with Gasteiger partial charge in [-0.3, -0.25) is 4.79 Å². The minimum atomic E-state index is -1.31. The Labute approximate surface area is 138 Å². The summed E-state index contributed by atoms with van der Waals surface area (Å²) < 4.78 is 36.0. The summed E-state index contributed by atoms with van der Waals surface area (Å²) >= 11 is 0. The highest BCUT2D eigenvalue weighted by Crippen LogP contribution is 2.13. The molecule has 0 spiro atoms. The van der Waals surface area contributed by atoms with Crippen molar-refractivity contribution in [2.24, 2.45) is 5.92 Å². The SMILES string of the molecule is COC(=O)[C@H](CC(C)C)NC(=O)COC(=O)c1c(F)cccc1F. The fourth-order valence-corrected chi connectivity index (χ4v) is 1.96. The van der Waals surface area contributed by atoms with E-state index in [1.165, 1.54) is 7.11 Å². The van der Waals surface area contributed by atoms with Crippen LogP contribution in [0.3, 0.4) is 0 Å². The van der Waals surface area contributed by atoms with Gasteiger partial charge in [0.15, 0.2) is 6.61 Å². The molecule has 0 aliphatic carbocycles. The normalized spacial score (nSPS) is 11.8. The highest BCUT2D eigenvalue weighted by molar-refractivity contribution is 5.92. The number of hydrogen-bond acceptors (Lipinski definition) is 5. The number of esters is 2. The lowest BCUT2D eigenvalue weighted by molar-refractivity contribution is -0.145. The Hall–Kier alpha value is -2.51. The van der Waals surface area contributed by atoms with Crippen LogP contribution in [0.15, 0.2) is 18.2 Å². The first kappa shape index (κ1) is 19.5. The molecule has 0 bridgehead atoms. The molecule has 1 aromatic carbocycles. The highest BCUT2D eigenvalue weighted by Gasteiger charge is 2.24. The summed E-state index contributed by atoms with van der Waals surface area (Å²) in [6, 6.07) is 2.00. The third-order valence-electron chi connectivity index (χ3n) is 3.03. The van der Waals surface area contributed by atoms with E-state index in [2.05, 4.69) is 14.8 Å². The molecule has 1 atom stereocenters. The van der Waals surface area contributed by atoms with Crippen molar-refractivity contribution in [3.63, 3.8) is 0 Å². The molecule has 0 saturated heterocycles. The van der Waals surface area contributed by atoms with Gasteiger partial charge in [-0.2, -0.15) is 0 Å². The zero-order chi connectivity index (χ0) is 18.3. The number of nitrogens with one attached hydrogen (secondary N) is 1. The van der Waals surface area contributed by atoms with Gasteiger partial charge in [-0.15, -0.1) is 0 Å². The molecule has 0 unspecified atom stereocenters. The second-order valence-electron chi connectivity index (χ2n) is 5.45. The maximum absolute atomic E-state index is 13.4. The first-order valence-electron chi connectivity index (χ1n) is 7.24. The van der Waals surface area contributed by atoms with Gasteiger partial charge in [-0.05, 0) is 24.5 Å². The predicted octanol–water partition coefficient (Wildman–Crippen LogP) is 1.83. The van der Waals surface area contributed by atoms with Crippen molar-refractivity contribution in [3.05, 3.63) is 35.4 Å². The molecule has 24 heavy (non-hydrogen) atoms. The van der Waals surface area contributed by atoms with Crippen LogP contribution in [0.5, 0.6) is 0 Å². The number of hydrogen-bond donors (Lipinski definition) is 1. The lowest BCUT2D eigenvalue weighted by atomic mass is 10.0. The Balaban J connectivity index is 2.64. The van der Waals surface area contributed by atoms with E-state index in [0.29, 0.717) is 6.42 Å². The van der Waals surface area contributed by atoms with E-state index in [4.69, 9.17) is 0 Å². The lowest BCUT2D eigenvalue weighted by Gasteiger charge is -2.18. The van der Waals surface area contributed by atoms with Gasteiger partial charge >= 0.3 is 11.9 Å². The topological polar surface area (TPSA) is 81.7 Å². The minimum Gasteiger partial charge on any atom is -0.467 e. The first-order chi connectivity index (χ1) is 11.3.